The van der Waals surface area contributed by atoms with Crippen molar-refractivity contribution in [2.75, 3.05) is 26.2 Å². The molecule has 1 aromatic carbocycles. The van der Waals surface area contributed by atoms with Crippen LogP contribution in [0.3, 0.4) is 0 Å². The molecule has 0 saturated carbocycles. The van der Waals surface area contributed by atoms with Crippen LogP contribution in [0.2, 0.25) is 0 Å². The van der Waals surface area contributed by atoms with Gasteiger partial charge in [-0.3, -0.25) is 9.80 Å². The highest BCUT2D eigenvalue weighted by Gasteiger charge is 2.29. The highest BCUT2D eigenvalue weighted by molar-refractivity contribution is 9.10. The van der Waals surface area contributed by atoms with Crippen molar-refractivity contribution >= 4 is 15.9 Å². The summed E-state index contributed by atoms with van der Waals surface area (Å²) in [5, 5.41) is 0. The third-order valence-electron chi connectivity index (χ3n) is 4.67. The van der Waals surface area contributed by atoms with Crippen molar-refractivity contribution in [3.05, 3.63) is 34.1 Å². The molecule has 2 saturated heterocycles. The van der Waals surface area contributed by atoms with Gasteiger partial charge < -0.3 is 5.73 Å². The van der Waals surface area contributed by atoms with E-state index in [9.17, 15) is 4.39 Å². The van der Waals surface area contributed by atoms with Crippen molar-refractivity contribution in [1.82, 2.24) is 9.80 Å². The molecule has 0 radical (unpaired) electrons. The Hall–Kier alpha value is -0.490. The van der Waals surface area contributed by atoms with Gasteiger partial charge in [-0.25, -0.2) is 4.39 Å². The lowest BCUT2D eigenvalue weighted by molar-refractivity contribution is 0.151. The highest BCUT2D eigenvalue weighted by atomic mass is 79.9. The summed E-state index contributed by atoms with van der Waals surface area (Å²) in [7, 11) is 0. The van der Waals surface area contributed by atoms with Gasteiger partial charge in [0.05, 0.1) is 0 Å². The first kappa shape index (κ1) is 15.4. The highest BCUT2D eigenvalue weighted by Crippen LogP contribution is 2.23. The Bertz CT molecular complexity index is 468. The lowest BCUT2D eigenvalue weighted by atomic mass is 10.0. The molecule has 0 aliphatic carbocycles. The largest absolute Gasteiger partial charge is 0.328 e. The Morgan fingerprint density at radius 1 is 1.14 bits per heavy atom. The van der Waals surface area contributed by atoms with Gasteiger partial charge in [0.2, 0.25) is 0 Å². The summed E-state index contributed by atoms with van der Waals surface area (Å²) in [6.45, 7) is 5.28. The lowest BCUT2D eigenvalue weighted by Crippen LogP contribution is -2.46. The molecule has 2 heterocycles. The molecule has 1 aromatic rings. The zero-order valence-corrected chi connectivity index (χ0v) is 13.9. The van der Waals surface area contributed by atoms with Gasteiger partial charge in [-0.05, 0) is 56.1 Å². The van der Waals surface area contributed by atoms with Crippen LogP contribution < -0.4 is 5.73 Å². The van der Waals surface area contributed by atoms with Crippen molar-refractivity contribution in [3.63, 3.8) is 0 Å². The van der Waals surface area contributed by atoms with Gasteiger partial charge in [0.1, 0.15) is 5.82 Å². The van der Waals surface area contributed by atoms with Crippen LogP contribution in [0.5, 0.6) is 0 Å². The zero-order valence-electron chi connectivity index (χ0n) is 12.3. The summed E-state index contributed by atoms with van der Waals surface area (Å²) < 4.78 is 14.3. The second kappa shape index (κ2) is 6.73. The number of nitrogens with two attached hydrogens (primary N) is 1. The third-order valence-corrected chi connectivity index (χ3v) is 5.12. The first-order chi connectivity index (χ1) is 10.1. The Morgan fingerprint density at radius 3 is 2.62 bits per heavy atom. The maximum atomic E-state index is 13.4. The molecule has 0 spiro atoms. The van der Waals surface area contributed by atoms with Crippen LogP contribution in [-0.2, 0) is 6.54 Å². The predicted molar refractivity (Wildman–Crippen MR) is 86.6 cm³/mol. The molecular weight excluding hydrogens is 333 g/mol. The summed E-state index contributed by atoms with van der Waals surface area (Å²) in [5.74, 6) is -0.167. The first-order valence-corrected chi connectivity index (χ1v) is 8.56. The predicted octanol–water partition coefficient (Wildman–Crippen LogP) is 2.59. The topological polar surface area (TPSA) is 32.5 Å². The van der Waals surface area contributed by atoms with Crippen LogP contribution in [0, 0.1) is 5.82 Å². The van der Waals surface area contributed by atoms with E-state index >= 15 is 0 Å². The molecule has 1 atom stereocenters. The van der Waals surface area contributed by atoms with Crippen LogP contribution in [0.15, 0.2) is 22.7 Å². The van der Waals surface area contributed by atoms with E-state index in [1.54, 1.807) is 6.07 Å². The molecule has 1 unspecified atom stereocenters. The summed E-state index contributed by atoms with van der Waals surface area (Å²) in [6, 6.07) is 6.19. The fraction of sp³-hybridized carbons (Fsp3) is 0.625. The molecule has 0 bridgehead atoms. The molecule has 5 heteroatoms. The number of hydrogen-bond donors (Lipinski definition) is 1. The number of rotatable bonds is 3. The lowest BCUT2D eigenvalue weighted by Gasteiger charge is -2.34. The van der Waals surface area contributed by atoms with Gasteiger partial charge in [0, 0.05) is 36.2 Å². The number of likely N-dealkylation sites (tertiary alicyclic amines) is 2. The van der Waals surface area contributed by atoms with E-state index in [0.29, 0.717) is 12.1 Å². The van der Waals surface area contributed by atoms with E-state index in [-0.39, 0.29) is 5.82 Å². The molecule has 3 nitrogen and oxygen atoms in total. The van der Waals surface area contributed by atoms with Gasteiger partial charge in [0.15, 0.2) is 0 Å². The minimum absolute atomic E-state index is 0.167. The molecule has 3 rings (SSSR count). The fourth-order valence-corrected chi connectivity index (χ4v) is 4.01. The van der Waals surface area contributed by atoms with Crippen molar-refractivity contribution in [2.24, 2.45) is 5.73 Å². The summed E-state index contributed by atoms with van der Waals surface area (Å²) in [6.07, 6.45) is 3.45. The van der Waals surface area contributed by atoms with Crippen LogP contribution >= 0.6 is 15.9 Å². The zero-order chi connectivity index (χ0) is 14.8. The van der Waals surface area contributed by atoms with Crippen LogP contribution in [0.25, 0.3) is 0 Å². The van der Waals surface area contributed by atoms with Gasteiger partial charge in [-0.2, -0.15) is 0 Å². The van der Waals surface area contributed by atoms with E-state index < -0.39 is 0 Å². The van der Waals surface area contributed by atoms with Gasteiger partial charge in [-0.1, -0.05) is 15.9 Å². The third kappa shape index (κ3) is 4.03. The number of hydrogen-bond acceptors (Lipinski definition) is 3. The summed E-state index contributed by atoms with van der Waals surface area (Å²) >= 11 is 3.36. The van der Waals surface area contributed by atoms with Crippen molar-refractivity contribution < 1.29 is 4.39 Å². The molecule has 2 aliphatic rings. The molecule has 116 valence electrons. The molecular formula is C16H23BrFN3. The Kier molecular flexibility index (Phi) is 4.94. The van der Waals surface area contributed by atoms with Gasteiger partial charge in [-0.15, -0.1) is 0 Å². The van der Waals surface area contributed by atoms with Crippen molar-refractivity contribution in [2.45, 2.75) is 37.9 Å². The quantitative estimate of drug-likeness (QED) is 0.904. The Morgan fingerprint density at radius 2 is 1.90 bits per heavy atom. The molecule has 2 N–H and O–H groups in total. The number of nitrogens with zero attached hydrogens (tertiary/aromatic N) is 2. The second-order valence-corrected chi connectivity index (χ2v) is 7.24. The minimum Gasteiger partial charge on any atom is -0.328 e. The smallest absolute Gasteiger partial charge is 0.124 e. The molecule has 21 heavy (non-hydrogen) atoms. The van der Waals surface area contributed by atoms with Crippen LogP contribution in [0.1, 0.15) is 24.8 Å². The summed E-state index contributed by atoms with van der Waals surface area (Å²) in [5.41, 5.74) is 7.02. The average Bonchev–Trinajstić information content (AvgIpc) is 2.87. The standard InChI is InChI=1S/C16H23BrFN3/c17-13-7-12(8-14(18)9-13)10-20-4-3-16(11-20)21-5-1-15(19)2-6-21/h7-9,15-16H,1-6,10-11,19H2. The average molecular weight is 356 g/mol. The van der Waals surface area contributed by atoms with Crippen molar-refractivity contribution in [3.8, 4) is 0 Å². The molecule has 0 aromatic heterocycles. The van der Waals surface area contributed by atoms with E-state index in [1.165, 1.54) is 12.5 Å². The van der Waals surface area contributed by atoms with E-state index in [2.05, 4.69) is 25.7 Å². The molecule has 0 amide bonds. The maximum absolute atomic E-state index is 13.4. The first-order valence-electron chi connectivity index (χ1n) is 7.77. The number of halogens is 2. The van der Waals surface area contributed by atoms with Crippen molar-refractivity contribution in [1.29, 1.82) is 0 Å². The van der Waals surface area contributed by atoms with Crippen LogP contribution in [-0.4, -0.2) is 48.1 Å². The SMILES string of the molecule is NC1CCN(C2CCN(Cc3cc(F)cc(Br)c3)C2)CC1. The van der Waals surface area contributed by atoms with Gasteiger partial charge in [0.25, 0.3) is 0 Å². The normalized spacial score (nSPS) is 25.6. The molecule has 2 fully saturated rings. The second-order valence-electron chi connectivity index (χ2n) is 6.33. The fourth-order valence-electron chi connectivity index (χ4n) is 3.50. The maximum Gasteiger partial charge on any atom is 0.124 e. The van der Waals surface area contributed by atoms with E-state index in [1.807, 2.05) is 6.07 Å². The molecule has 2 aliphatic heterocycles. The number of benzene rings is 1. The monoisotopic (exact) mass is 355 g/mol. The Labute approximate surface area is 134 Å². The van der Waals surface area contributed by atoms with E-state index in [4.69, 9.17) is 5.73 Å². The van der Waals surface area contributed by atoms with Crippen LogP contribution in [0.4, 0.5) is 4.39 Å². The Balaban J connectivity index is 1.54. The minimum atomic E-state index is -0.167. The van der Waals surface area contributed by atoms with E-state index in [0.717, 1.165) is 55.6 Å². The van der Waals surface area contributed by atoms with Gasteiger partial charge >= 0.3 is 0 Å². The summed E-state index contributed by atoms with van der Waals surface area (Å²) in [4.78, 5) is 5.02. The number of piperidine rings is 1.